The maximum absolute atomic E-state index is 13.8. The number of urea groups is 1. The van der Waals surface area contributed by atoms with Gasteiger partial charge in [0.1, 0.15) is 5.75 Å². The van der Waals surface area contributed by atoms with Crippen molar-refractivity contribution in [3.8, 4) is 5.75 Å². The van der Waals surface area contributed by atoms with Gasteiger partial charge in [-0.05, 0) is 18.2 Å². The summed E-state index contributed by atoms with van der Waals surface area (Å²) in [7, 11) is 0. The van der Waals surface area contributed by atoms with Gasteiger partial charge in [-0.2, -0.15) is 0 Å². The predicted molar refractivity (Wildman–Crippen MR) is 82.9 cm³/mol. The molecule has 4 nitrogen and oxygen atoms in total. The Morgan fingerprint density at radius 3 is 2.91 bits per heavy atom. The highest BCUT2D eigenvalue weighted by Crippen LogP contribution is 2.31. The summed E-state index contributed by atoms with van der Waals surface area (Å²) in [6.07, 6.45) is 0.655. The van der Waals surface area contributed by atoms with E-state index in [1.165, 1.54) is 12.1 Å². The summed E-state index contributed by atoms with van der Waals surface area (Å²) in [4.78, 5) is 12.1. The molecule has 0 fully saturated rings. The van der Waals surface area contributed by atoms with Gasteiger partial charge in [0.05, 0.1) is 23.4 Å². The van der Waals surface area contributed by atoms with Crippen molar-refractivity contribution in [1.82, 2.24) is 5.32 Å². The summed E-state index contributed by atoms with van der Waals surface area (Å²) in [5.74, 6) is 0.111. The smallest absolute Gasteiger partial charge is 0.319 e. The van der Waals surface area contributed by atoms with Crippen molar-refractivity contribution in [2.75, 3.05) is 11.9 Å². The molecule has 1 aliphatic heterocycles. The van der Waals surface area contributed by atoms with E-state index >= 15 is 0 Å². The van der Waals surface area contributed by atoms with E-state index in [-0.39, 0.29) is 16.8 Å². The minimum Gasteiger partial charge on any atom is -0.493 e. The topological polar surface area (TPSA) is 50.4 Å². The van der Waals surface area contributed by atoms with Gasteiger partial charge in [-0.25, -0.2) is 9.18 Å². The zero-order chi connectivity index (χ0) is 15.5. The molecular formula is C16H14ClFN2O2. The molecule has 0 aromatic heterocycles. The molecule has 2 N–H and O–H groups in total. The molecule has 1 atom stereocenters. The first-order valence-electron chi connectivity index (χ1n) is 6.88. The van der Waals surface area contributed by atoms with Crippen LogP contribution in [0.15, 0.2) is 42.5 Å². The highest BCUT2D eigenvalue weighted by Gasteiger charge is 2.23. The SMILES string of the molecule is O=C(Nc1cccc(Cl)c1F)N[C@H]1CCOc2ccccc21. The minimum absolute atomic E-state index is 0.0331. The van der Waals surface area contributed by atoms with Crippen molar-refractivity contribution in [1.29, 1.82) is 0 Å². The molecule has 0 bridgehead atoms. The number of nitrogens with one attached hydrogen (secondary N) is 2. The fourth-order valence-corrected chi connectivity index (χ4v) is 2.58. The zero-order valence-corrected chi connectivity index (χ0v) is 12.4. The maximum atomic E-state index is 13.8. The van der Waals surface area contributed by atoms with E-state index in [9.17, 15) is 9.18 Å². The number of anilines is 1. The van der Waals surface area contributed by atoms with Crippen molar-refractivity contribution in [2.45, 2.75) is 12.5 Å². The first-order chi connectivity index (χ1) is 10.6. The third-order valence-corrected chi connectivity index (χ3v) is 3.76. The lowest BCUT2D eigenvalue weighted by atomic mass is 10.0. The molecule has 0 saturated heterocycles. The molecule has 1 aliphatic rings. The van der Waals surface area contributed by atoms with E-state index < -0.39 is 11.8 Å². The van der Waals surface area contributed by atoms with E-state index in [0.29, 0.717) is 13.0 Å². The number of rotatable bonds is 2. The second-order valence-corrected chi connectivity index (χ2v) is 5.33. The molecule has 2 amide bonds. The predicted octanol–water partition coefficient (Wildman–Crippen LogP) is 4.12. The van der Waals surface area contributed by atoms with Crippen LogP contribution >= 0.6 is 11.6 Å². The molecule has 6 heteroatoms. The zero-order valence-electron chi connectivity index (χ0n) is 11.6. The maximum Gasteiger partial charge on any atom is 0.319 e. The van der Waals surface area contributed by atoms with Gasteiger partial charge in [-0.1, -0.05) is 35.9 Å². The molecule has 0 spiro atoms. The number of para-hydroxylation sites is 1. The van der Waals surface area contributed by atoms with Crippen LogP contribution in [0.3, 0.4) is 0 Å². The van der Waals surface area contributed by atoms with Crippen LogP contribution in [0.2, 0.25) is 5.02 Å². The van der Waals surface area contributed by atoms with Crippen LogP contribution < -0.4 is 15.4 Å². The molecule has 22 heavy (non-hydrogen) atoms. The average molecular weight is 321 g/mol. The van der Waals surface area contributed by atoms with E-state index in [0.717, 1.165) is 11.3 Å². The minimum atomic E-state index is -0.647. The summed E-state index contributed by atoms with van der Waals surface area (Å²) >= 11 is 5.69. The van der Waals surface area contributed by atoms with Gasteiger partial charge in [0.15, 0.2) is 5.82 Å². The largest absolute Gasteiger partial charge is 0.493 e. The summed E-state index contributed by atoms with van der Waals surface area (Å²) in [5.41, 5.74) is 0.959. The molecular weight excluding hydrogens is 307 g/mol. The summed E-state index contributed by atoms with van der Waals surface area (Å²) < 4.78 is 19.3. The van der Waals surface area contributed by atoms with Crippen molar-refractivity contribution < 1.29 is 13.9 Å². The normalized spacial score (nSPS) is 16.4. The van der Waals surface area contributed by atoms with Crippen molar-refractivity contribution in [3.63, 3.8) is 0 Å². The number of benzene rings is 2. The lowest BCUT2D eigenvalue weighted by Crippen LogP contribution is -2.35. The van der Waals surface area contributed by atoms with Crippen LogP contribution in [0, 0.1) is 5.82 Å². The average Bonchev–Trinajstić information content (AvgIpc) is 2.52. The van der Waals surface area contributed by atoms with Gasteiger partial charge in [0.2, 0.25) is 0 Å². The Morgan fingerprint density at radius 2 is 2.05 bits per heavy atom. The fourth-order valence-electron chi connectivity index (χ4n) is 2.41. The Labute approximate surface area is 132 Å². The van der Waals surface area contributed by atoms with Crippen LogP contribution in [0.5, 0.6) is 5.75 Å². The van der Waals surface area contributed by atoms with Gasteiger partial charge >= 0.3 is 6.03 Å². The van der Waals surface area contributed by atoms with E-state index in [2.05, 4.69) is 10.6 Å². The molecule has 1 heterocycles. The quantitative estimate of drug-likeness (QED) is 0.874. The lowest BCUT2D eigenvalue weighted by Gasteiger charge is -2.26. The molecule has 2 aromatic rings. The number of carbonyl (C=O) groups excluding carboxylic acids is 1. The fraction of sp³-hybridized carbons (Fsp3) is 0.188. The second-order valence-electron chi connectivity index (χ2n) is 4.93. The Bertz CT molecular complexity index is 708. The number of amides is 2. The second kappa shape index (κ2) is 6.23. The van der Waals surface area contributed by atoms with Crippen molar-refractivity contribution in [2.24, 2.45) is 0 Å². The van der Waals surface area contributed by atoms with Gasteiger partial charge in [-0.15, -0.1) is 0 Å². The third kappa shape index (κ3) is 2.99. The number of hydrogen-bond acceptors (Lipinski definition) is 2. The number of carbonyl (C=O) groups is 1. The molecule has 3 rings (SSSR count). The molecule has 0 radical (unpaired) electrons. The third-order valence-electron chi connectivity index (χ3n) is 3.46. The molecule has 0 saturated carbocycles. The Kier molecular flexibility index (Phi) is 4.15. The van der Waals surface area contributed by atoms with Gasteiger partial charge in [-0.3, -0.25) is 0 Å². The molecule has 0 aliphatic carbocycles. The van der Waals surface area contributed by atoms with E-state index in [1.807, 2.05) is 24.3 Å². The van der Waals surface area contributed by atoms with Gasteiger partial charge in [0, 0.05) is 12.0 Å². The van der Waals surface area contributed by atoms with Crippen molar-refractivity contribution >= 4 is 23.3 Å². The Morgan fingerprint density at radius 1 is 1.23 bits per heavy atom. The van der Waals surface area contributed by atoms with Crippen molar-refractivity contribution in [3.05, 3.63) is 58.9 Å². The summed E-state index contributed by atoms with van der Waals surface area (Å²) in [5, 5.41) is 5.28. The molecule has 2 aromatic carbocycles. The van der Waals surface area contributed by atoms with Crippen LogP contribution in [0.4, 0.5) is 14.9 Å². The van der Waals surface area contributed by atoms with Crippen LogP contribution in [0.1, 0.15) is 18.0 Å². The number of halogens is 2. The first kappa shape index (κ1) is 14.7. The van der Waals surface area contributed by atoms with Gasteiger partial charge < -0.3 is 15.4 Å². The van der Waals surface area contributed by atoms with Crippen LogP contribution in [-0.4, -0.2) is 12.6 Å². The van der Waals surface area contributed by atoms with Crippen LogP contribution in [-0.2, 0) is 0 Å². The first-order valence-corrected chi connectivity index (χ1v) is 7.26. The highest BCUT2D eigenvalue weighted by molar-refractivity contribution is 6.31. The standard InChI is InChI=1S/C16H14ClFN2O2/c17-11-5-3-6-13(15(11)18)20-16(21)19-12-8-9-22-14-7-2-1-4-10(12)14/h1-7,12H,8-9H2,(H2,19,20,21)/t12-/m0/s1. The summed E-state index contributed by atoms with van der Waals surface area (Å²) in [6.45, 7) is 0.521. The summed E-state index contributed by atoms with van der Waals surface area (Å²) in [6, 6.07) is 11.3. The van der Waals surface area contributed by atoms with Crippen LogP contribution in [0.25, 0.3) is 0 Å². The van der Waals surface area contributed by atoms with E-state index in [1.54, 1.807) is 6.07 Å². The Hall–Kier alpha value is -2.27. The Balaban J connectivity index is 1.72. The van der Waals surface area contributed by atoms with E-state index in [4.69, 9.17) is 16.3 Å². The monoisotopic (exact) mass is 320 g/mol. The number of hydrogen-bond donors (Lipinski definition) is 2. The molecule has 114 valence electrons. The highest BCUT2D eigenvalue weighted by atomic mass is 35.5. The number of fused-ring (bicyclic) bond motifs is 1. The van der Waals surface area contributed by atoms with Gasteiger partial charge in [0.25, 0.3) is 0 Å². The lowest BCUT2D eigenvalue weighted by molar-refractivity contribution is 0.232. The molecule has 0 unspecified atom stereocenters. The number of ether oxygens (including phenoxy) is 1.